The number of nitrogens with one attached hydrogen (secondary N) is 1. The minimum atomic E-state index is -0.172. The van der Waals surface area contributed by atoms with Crippen LogP contribution in [0.1, 0.15) is 37.8 Å². The van der Waals surface area contributed by atoms with Crippen molar-refractivity contribution in [2.24, 2.45) is 11.2 Å². The van der Waals surface area contributed by atoms with Gasteiger partial charge in [-0.1, -0.05) is 17.7 Å². The lowest BCUT2D eigenvalue weighted by molar-refractivity contribution is 0.208. The van der Waals surface area contributed by atoms with Crippen LogP contribution >= 0.6 is 23.4 Å². The zero-order valence-electron chi connectivity index (χ0n) is 17.8. The molecule has 6 nitrogen and oxygen atoms in total. The quantitative estimate of drug-likeness (QED) is 0.345. The molecule has 0 aromatic heterocycles. The van der Waals surface area contributed by atoms with E-state index in [9.17, 15) is 4.91 Å². The maximum atomic E-state index is 11.6. The number of nitrogens with zero attached hydrogens (tertiary/aromatic N) is 2. The Balaban J connectivity index is 1.84. The Morgan fingerprint density at radius 1 is 1.33 bits per heavy atom. The van der Waals surface area contributed by atoms with Crippen LogP contribution < -0.4 is 14.8 Å². The zero-order valence-corrected chi connectivity index (χ0v) is 19.3. The monoisotopic (exact) mass is 451 g/mol. The molecule has 0 radical (unpaired) electrons. The number of allylic oxidation sites excluding steroid dienone is 2. The Bertz CT molecular complexity index is 798. The van der Waals surface area contributed by atoms with Crippen LogP contribution in [0.5, 0.6) is 11.5 Å². The fraction of sp³-hybridized carbons (Fsp3) is 0.545. The van der Waals surface area contributed by atoms with Gasteiger partial charge in [0.05, 0.1) is 31.1 Å². The standard InChI is InChI=1S/C22H30ClN3O3S/c1-4-29-22-11-16(7-10-21(22)28-2)19(14-30-3)24-18-9-8-17(23)12-20(18)26(25-27)13-15-5-6-15/h7-11,15,19-20,24H,4-6,12-14H2,1-3H3. The molecule has 0 amide bonds. The molecule has 1 aromatic carbocycles. The highest BCUT2D eigenvalue weighted by atomic mass is 35.5. The second-order valence-electron chi connectivity index (χ2n) is 7.60. The lowest BCUT2D eigenvalue weighted by atomic mass is 10.0. The van der Waals surface area contributed by atoms with Crippen LogP contribution in [-0.2, 0) is 0 Å². The number of hydrogen-bond donors (Lipinski definition) is 1. The summed E-state index contributed by atoms with van der Waals surface area (Å²) in [4.78, 5) is 11.6. The van der Waals surface area contributed by atoms with Crippen molar-refractivity contribution < 1.29 is 9.47 Å². The van der Waals surface area contributed by atoms with E-state index >= 15 is 0 Å². The number of nitroso groups, excluding NO2 is 1. The van der Waals surface area contributed by atoms with Gasteiger partial charge in [-0.15, -0.1) is 4.91 Å². The third-order valence-corrected chi connectivity index (χ3v) is 6.31. The molecule has 0 bridgehead atoms. The van der Waals surface area contributed by atoms with E-state index in [1.54, 1.807) is 23.9 Å². The summed E-state index contributed by atoms with van der Waals surface area (Å²) in [7, 11) is 1.64. The Morgan fingerprint density at radius 2 is 2.13 bits per heavy atom. The number of thioether (sulfide) groups is 1. The minimum Gasteiger partial charge on any atom is -0.493 e. The molecule has 2 unspecified atom stereocenters. The van der Waals surface area contributed by atoms with E-state index in [4.69, 9.17) is 21.1 Å². The van der Waals surface area contributed by atoms with E-state index < -0.39 is 0 Å². The van der Waals surface area contributed by atoms with Gasteiger partial charge < -0.3 is 14.8 Å². The van der Waals surface area contributed by atoms with Crippen molar-refractivity contribution in [3.8, 4) is 11.5 Å². The van der Waals surface area contributed by atoms with Gasteiger partial charge >= 0.3 is 0 Å². The van der Waals surface area contributed by atoms with Crippen molar-refractivity contribution in [1.29, 1.82) is 0 Å². The molecule has 164 valence electrons. The Labute approximate surface area is 188 Å². The summed E-state index contributed by atoms with van der Waals surface area (Å²) >= 11 is 8.07. The van der Waals surface area contributed by atoms with Crippen LogP contribution in [0.15, 0.2) is 46.4 Å². The Morgan fingerprint density at radius 3 is 2.77 bits per heavy atom. The van der Waals surface area contributed by atoms with Crippen LogP contribution in [0.3, 0.4) is 0 Å². The fourth-order valence-electron chi connectivity index (χ4n) is 3.61. The molecule has 0 heterocycles. The summed E-state index contributed by atoms with van der Waals surface area (Å²) in [6.07, 6.45) is 8.86. The molecule has 3 rings (SSSR count). The topological polar surface area (TPSA) is 63.2 Å². The number of halogens is 1. The van der Waals surface area contributed by atoms with E-state index in [0.717, 1.165) is 40.6 Å². The smallest absolute Gasteiger partial charge is 0.161 e. The predicted octanol–water partition coefficient (Wildman–Crippen LogP) is 5.26. The van der Waals surface area contributed by atoms with Crippen molar-refractivity contribution in [2.45, 2.75) is 38.3 Å². The molecule has 8 heteroatoms. The molecular weight excluding hydrogens is 422 g/mol. The second kappa shape index (κ2) is 11.0. The SMILES string of the molecule is CCOc1cc(C(CSC)NC2=CC=C(Cl)CC2N(CC2CC2)N=O)ccc1OC. The van der Waals surface area contributed by atoms with Crippen LogP contribution in [0, 0.1) is 10.8 Å². The van der Waals surface area contributed by atoms with Gasteiger partial charge in [0.25, 0.3) is 0 Å². The molecule has 0 spiro atoms. The average Bonchev–Trinajstić information content (AvgIpc) is 3.57. The van der Waals surface area contributed by atoms with Gasteiger partial charge in [0, 0.05) is 29.4 Å². The third kappa shape index (κ3) is 5.85. The van der Waals surface area contributed by atoms with Gasteiger partial charge in [0.15, 0.2) is 11.5 Å². The van der Waals surface area contributed by atoms with Gasteiger partial charge in [0.2, 0.25) is 0 Å². The lowest BCUT2D eigenvalue weighted by Gasteiger charge is -2.33. The Hall–Kier alpha value is -1.86. The van der Waals surface area contributed by atoms with Crippen molar-refractivity contribution in [3.63, 3.8) is 0 Å². The first-order valence-corrected chi connectivity index (χ1v) is 12.1. The molecule has 1 fully saturated rings. The molecule has 1 N–H and O–H groups in total. The predicted molar refractivity (Wildman–Crippen MR) is 124 cm³/mol. The van der Waals surface area contributed by atoms with Crippen LogP contribution in [-0.4, -0.2) is 43.3 Å². The van der Waals surface area contributed by atoms with E-state index in [1.807, 2.05) is 31.2 Å². The highest BCUT2D eigenvalue weighted by Crippen LogP contribution is 2.35. The third-order valence-electron chi connectivity index (χ3n) is 5.36. The van der Waals surface area contributed by atoms with E-state index in [2.05, 4.69) is 22.9 Å². The zero-order chi connectivity index (χ0) is 21.5. The number of methoxy groups -OCH3 is 1. The molecule has 2 aliphatic carbocycles. The fourth-order valence-corrected chi connectivity index (χ4v) is 4.43. The van der Waals surface area contributed by atoms with Crippen LogP contribution in [0.25, 0.3) is 0 Å². The molecule has 1 aromatic rings. The highest BCUT2D eigenvalue weighted by molar-refractivity contribution is 7.98. The molecule has 30 heavy (non-hydrogen) atoms. The van der Waals surface area contributed by atoms with Crippen LogP contribution in [0.2, 0.25) is 0 Å². The van der Waals surface area contributed by atoms with Gasteiger partial charge in [-0.05, 0) is 61.8 Å². The average molecular weight is 452 g/mol. The lowest BCUT2D eigenvalue weighted by Crippen LogP contribution is -2.41. The van der Waals surface area contributed by atoms with Gasteiger partial charge in [-0.3, -0.25) is 5.01 Å². The molecule has 0 saturated heterocycles. The molecule has 2 aliphatic rings. The summed E-state index contributed by atoms with van der Waals surface area (Å²) in [6.45, 7) is 3.21. The maximum Gasteiger partial charge on any atom is 0.161 e. The van der Waals surface area contributed by atoms with Crippen molar-refractivity contribution in [3.05, 3.63) is 51.6 Å². The first kappa shape index (κ1) is 22.8. The number of ether oxygens (including phenoxy) is 2. The molecular formula is C22H30ClN3O3S. The van der Waals surface area contributed by atoms with Crippen LogP contribution in [0.4, 0.5) is 0 Å². The van der Waals surface area contributed by atoms with Crippen molar-refractivity contribution in [2.75, 3.05) is 32.3 Å². The summed E-state index contributed by atoms with van der Waals surface area (Å²) in [5.74, 6) is 2.86. The highest BCUT2D eigenvalue weighted by Gasteiger charge is 2.32. The van der Waals surface area contributed by atoms with E-state index in [1.165, 1.54) is 0 Å². The summed E-state index contributed by atoms with van der Waals surface area (Å²) in [5, 5.41) is 9.39. The summed E-state index contributed by atoms with van der Waals surface area (Å²) < 4.78 is 11.2. The summed E-state index contributed by atoms with van der Waals surface area (Å²) in [6, 6.07) is 5.88. The largest absolute Gasteiger partial charge is 0.493 e. The first-order chi connectivity index (χ1) is 14.6. The second-order valence-corrected chi connectivity index (χ2v) is 8.99. The number of benzene rings is 1. The first-order valence-electron chi connectivity index (χ1n) is 10.3. The molecule has 2 atom stereocenters. The van der Waals surface area contributed by atoms with E-state index in [-0.39, 0.29) is 12.1 Å². The molecule has 0 aliphatic heterocycles. The molecule has 1 saturated carbocycles. The minimum absolute atomic E-state index is 0.0403. The Kier molecular flexibility index (Phi) is 8.33. The van der Waals surface area contributed by atoms with Gasteiger partial charge in [0.1, 0.15) is 0 Å². The summed E-state index contributed by atoms with van der Waals surface area (Å²) in [5.41, 5.74) is 2.06. The number of rotatable bonds is 12. The van der Waals surface area contributed by atoms with Gasteiger partial charge in [-0.2, -0.15) is 11.8 Å². The van der Waals surface area contributed by atoms with Crippen molar-refractivity contribution in [1.82, 2.24) is 10.3 Å². The maximum absolute atomic E-state index is 11.6. The van der Waals surface area contributed by atoms with Gasteiger partial charge in [-0.25, -0.2) is 0 Å². The number of hydrogen-bond acceptors (Lipinski definition) is 6. The van der Waals surface area contributed by atoms with E-state index in [0.29, 0.717) is 31.2 Å². The normalized spacial score (nSPS) is 19.4. The van der Waals surface area contributed by atoms with Crippen molar-refractivity contribution >= 4 is 23.4 Å².